The molecule has 2 fully saturated rings. The Balaban J connectivity index is 2.28. The average molecular weight is 388 g/mol. The molecule has 0 spiro atoms. The molecule has 8 N–H and O–H groups in total. The first-order valence-electron chi connectivity index (χ1n) is 7.21. The molecule has 2 saturated heterocycles. The smallest absolute Gasteiger partial charge is 0.328 e. The molecular weight excluding hydrogens is 372 g/mol. The quantitative estimate of drug-likeness (QED) is 0.191. The SMILES string of the molecule is NC(=O)N(CN(C(N)=O)C1NC(=O)N(CO)C1=O)C1NC(=O)N(CO)C1=O. The zero-order chi connectivity index (χ0) is 20.5. The predicted octanol–water partition coefficient (Wildman–Crippen LogP) is -4.64. The fraction of sp³-hybridized carbons (Fsp3) is 0.455. The Morgan fingerprint density at radius 2 is 1.19 bits per heavy atom. The Labute approximate surface area is 150 Å². The molecule has 0 aromatic heterocycles. The van der Waals surface area contributed by atoms with Gasteiger partial charge in [-0.15, -0.1) is 0 Å². The summed E-state index contributed by atoms with van der Waals surface area (Å²) >= 11 is 0. The number of carbonyl (C=O) groups is 6. The molecule has 16 heteroatoms. The molecule has 2 atom stereocenters. The van der Waals surface area contributed by atoms with Crippen LogP contribution in [-0.2, 0) is 9.59 Å². The number of nitrogens with two attached hydrogens (primary N) is 2. The Morgan fingerprint density at radius 3 is 1.41 bits per heavy atom. The largest absolute Gasteiger partial charge is 0.376 e. The van der Waals surface area contributed by atoms with E-state index in [0.29, 0.717) is 19.6 Å². The zero-order valence-corrected chi connectivity index (χ0v) is 13.6. The van der Waals surface area contributed by atoms with E-state index in [1.165, 1.54) is 0 Å². The molecule has 148 valence electrons. The number of carbonyl (C=O) groups excluding carboxylic acids is 6. The lowest BCUT2D eigenvalue weighted by Gasteiger charge is -2.33. The van der Waals surface area contributed by atoms with Gasteiger partial charge in [0.05, 0.1) is 0 Å². The topological polar surface area (TPSA) is 232 Å². The number of urea groups is 4. The van der Waals surface area contributed by atoms with Gasteiger partial charge in [0.1, 0.15) is 20.1 Å². The van der Waals surface area contributed by atoms with Crippen LogP contribution in [0.5, 0.6) is 0 Å². The molecule has 0 radical (unpaired) electrons. The van der Waals surface area contributed by atoms with Gasteiger partial charge >= 0.3 is 24.1 Å². The van der Waals surface area contributed by atoms with Crippen LogP contribution in [0.1, 0.15) is 0 Å². The van der Waals surface area contributed by atoms with Crippen LogP contribution in [0.3, 0.4) is 0 Å². The van der Waals surface area contributed by atoms with E-state index in [0.717, 1.165) is 0 Å². The average Bonchev–Trinajstić information content (AvgIpc) is 3.03. The van der Waals surface area contributed by atoms with Gasteiger partial charge in [-0.25, -0.2) is 29.0 Å². The van der Waals surface area contributed by atoms with E-state index in [9.17, 15) is 28.8 Å². The number of imide groups is 2. The van der Waals surface area contributed by atoms with Crippen LogP contribution < -0.4 is 22.1 Å². The van der Waals surface area contributed by atoms with Crippen LogP contribution in [0.4, 0.5) is 19.2 Å². The predicted molar refractivity (Wildman–Crippen MR) is 80.2 cm³/mol. The molecule has 16 nitrogen and oxygen atoms in total. The summed E-state index contributed by atoms with van der Waals surface area (Å²) in [4.78, 5) is 72.6. The van der Waals surface area contributed by atoms with Crippen molar-refractivity contribution in [3.63, 3.8) is 0 Å². The van der Waals surface area contributed by atoms with Gasteiger partial charge in [0, 0.05) is 0 Å². The van der Waals surface area contributed by atoms with Crippen LogP contribution >= 0.6 is 0 Å². The number of aliphatic hydroxyl groups is 2. The molecule has 2 aliphatic heterocycles. The van der Waals surface area contributed by atoms with Gasteiger partial charge in [-0.2, -0.15) is 0 Å². The number of amides is 10. The fourth-order valence-corrected chi connectivity index (χ4v) is 2.42. The number of aliphatic hydroxyl groups excluding tert-OH is 2. The molecule has 0 saturated carbocycles. The van der Waals surface area contributed by atoms with Crippen molar-refractivity contribution in [1.29, 1.82) is 0 Å². The molecule has 0 bridgehead atoms. The minimum atomic E-state index is -1.69. The van der Waals surface area contributed by atoms with E-state index in [1.807, 2.05) is 0 Å². The number of nitrogens with one attached hydrogen (secondary N) is 2. The van der Waals surface area contributed by atoms with Crippen molar-refractivity contribution in [2.24, 2.45) is 11.5 Å². The van der Waals surface area contributed by atoms with Gasteiger partial charge in [-0.1, -0.05) is 0 Å². The second kappa shape index (κ2) is 7.30. The van der Waals surface area contributed by atoms with E-state index in [-0.39, 0.29) is 0 Å². The van der Waals surface area contributed by atoms with Crippen molar-refractivity contribution < 1.29 is 39.0 Å². The van der Waals surface area contributed by atoms with Gasteiger partial charge in [0.2, 0.25) is 0 Å². The van der Waals surface area contributed by atoms with Gasteiger partial charge in [0.15, 0.2) is 12.3 Å². The number of hydrogen-bond acceptors (Lipinski definition) is 8. The number of rotatable bonds is 6. The van der Waals surface area contributed by atoms with Gasteiger partial charge in [-0.3, -0.25) is 19.4 Å². The number of hydrogen-bond donors (Lipinski definition) is 6. The lowest BCUT2D eigenvalue weighted by molar-refractivity contribution is -0.134. The van der Waals surface area contributed by atoms with Gasteiger partial charge in [0.25, 0.3) is 11.8 Å². The first kappa shape index (κ1) is 19.7. The minimum Gasteiger partial charge on any atom is -0.376 e. The van der Waals surface area contributed by atoms with Crippen molar-refractivity contribution in [3.05, 3.63) is 0 Å². The van der Waals surface area contributed by atoms with Crippen LogP contribution in [0.15, 0.2) is 0 Å². The first-order valence-corrected chi connectivity index (χ1v) is 7.21. The molecule has 0 aromatic rings. The highest BCUT2D eigenvalue weighted by molar-refractivity contribution is 6.06. The number of primary amides is 2. The highest BCUT2D eigenvalue weighted by Crippen LogP contribution is 2.15. The second-order valence-corrected chi connectivity index (χ2v) is 5.28. The second-order valence-electron chi connectivity index (χ2n) is 5.28. The molecule has 0 aromatic carbocycles. The third-order valence-electron chi connectivity index (χ3n) is 3.79. The molecule has 2 unspecified atom stereocenters. The summed E-state index contributed by atoms with van der Waals surface area (Å²) < 4.78 is 0. The summed E-state index contributed by atoms with van der Waals surface area (Å²) in [6.07, 6.45) is -3.38. The van der Waals surface area contributed by atoms with Crippen molar-refractivity contribution in [2.45, 2.75) is 12.3 Å². The maximum atomic E-state index is 12.1. The van der Waals surface area contributed by atoms with E-state index in [2.05, 4.69) is 10.6 Å². The van der Waals surface area contributed by atoms with Crippen molar-refractivity contribution in [2.75, 3.05) is 20.1 Å². The zero-order valence-electron chi connectivity index (χ0n) is 13.6. The minimum absolute atomic E-state index is 0.366. The molecule has 2 heterocycles. The van der Waals surface area contributed by atoms with Crippen molar-refractivity contribution >= 4 is 35.9 Å². The van der Waals surface area contributed by atoms with E-state index in [4.69, 9.17) is 21.7 Å². The van der Waals surface area contributed by atoms with Crippen molar-refractivity contribution in [1.82, 2.24) is 30.2 Å². The Hall–Kier alpha value is -3.66. The summed E-state index contributed by atoms with van der Waals surface area (Å²) in [7, 11) is 0. The maximum absolute atomic E-state index is 12.1. The van der Waals surface area contributed by atoms with Gasteiger partial charge in [-0.05, 0) is 0 Å². The highest BCUT2D eigenvalue weighted by atomic mass is 16.3. The van der Waals surface area contributed by atoms with Crippen molar-refractivity contribution in [3.8, 4) is 0 Å². The lowest BCUT2D eigenvalue weighted by atomic mass is 10.3. The summed E-state index contributed by atoms with van der Waals surface area (Å²) in [6.45, 7) is -2.83. The van der Waals surface area contributed by atoms with E-state index in [1.54, 1.807) is 0 Å². The highest BCUT2D eigenvalue weighted by Gasteiger charge is 2.47. The Morgan fingerprint density at radius 1 is 0.852 bits per heavy atom. The van der Waals surface area contributed by atoms with E-state index >= 15 is 0 Å². The summed E-state index contributed by atoms with van der Waals surface area (Å²) in [5.74, 6) is -2.10. The Kier molecular flexibility index (Phi) is 5.31. The molecule has 0 aliphatic carbocycles. The monoisotopic (exact) mass is 388 g/mol. The normalized spacial score (nSPS) is 22.0. The molecule has 2 rings (SSSR count). The van der Waals surface area contributed by atoms with Crippen LogP contribution in [0.25, 0.3) is 0 Å². The summed E-state index contributed by atoms with van der Waals surface area (Å²) in [6, 6.07) is -4.62. The first-order chi connectivity index (χ1) is 12.6. The molecule has 10 amide bonds. The fourth-order valence-electron chi connectivity index (χ4n) is 2.42. The third-order valence-corrected chi connectivity index (χ3v) is 3.79. The standard InChI is InChI=1S/C11H16N8O8/c12-8(24)16(4-6(22)18(2-20)10(26)14-4)1-17(9(13)25)5-7(23)19(3-21)11(27)15-5/h4-5,20-21H,1-3H2,(H2,12,24)(H2,13,25)(H,14,26)(H,15,27). The lowest BCUT2D eigenvalue weighted by Crippen LogP contribution is -2.61. The van der Waals surface area contributed by atoms with Gasteiger partial charge < -0.3 is 32.3 Å². The molecular formula is C11H16N8O8. The van der Waals surface area contributed by atoms with Crippen LogP contribution in [-0.4, -0.2) is 98.2 Å². The summed E-state index contributed by atoms with van der Waals surface area (Å²) in [5, 5.41) is 22.1. The molecule has 27 heavy (non-hydrogen) atoms. The van der Waals surface area contributed by atoms with Crippen LogP contribution in [0, 0.1) is 0 Å². The third kappa shape index (κ3) is 3.37. The van der Waals surface area contributed by atoms with E-state index < -0.39 is 68.4 Å². The number of nitrogens with zero attached hydrogens (tertiary/aromatic N) is 4. The van der Waals surface area contributed by atoms with Crippen LogP contribution in [0.2, 0.25) is 0 Å². The molecule has 2 aliphatic rings. The summed E-state index contributed by atoms with van der Waals surface area (Å²) in [5.41, 5.74) is 10.3. The maximum Gasteiger partial charge on any atom is 0.328 e. The Bertz CT molecular complexity index is 654.